The Morgan fingerprint density at radius 3 is 2.89 bits per heavy atom. The quantitative estimate of drug-likeness (QED) is 0.896. The molecule has 0 aliphatic heterocycles. The van der Waals surface area contributed by atoms with E-state index in [1.54, 1.807) is 11.3 Å². The third kappa shape index (κ3) is 3.37. The van der Waals surface area contributed by atoms with Gasteiger partial charge in [0.25, 0.3) is 0 Å². The topological polar surface area (TPSA) is 34.1 Å². The van der Waals surface area contributed by atoms with Crippen molar-refractivity contribution in [3.05, 3.63) is 39.3 Å². The van der Waals surface area contributed by atoms with E-state index < -0.39 is 0 Å². The number of anilines is 1. The number of benzene rings is 1. The lowest BCUT2D eigenvalue weighted by atomic mass is 10.3. The number of hydrogen-bond donors (Lipinski definition) is 1. The molecule has 2 rings (SSSR count). The van der Waals surface area contributed by atoms with Crippen LogP contribution < -0.4 is 10.1 Å². The predicted octanol–water partition coefficient (Wildman–Crippen LogP) is 4.12. The highest BCUT2D eigenvalue weighted by Gasteiger charge is 2.03. The minimum absolute atomic E-state index is 0.616. The number of nitrogens with one attached hydrogen (secondary N) is 1. The Kier molecular flexibility index (Phi) is 4.44. The zero-order valence-electron chi connectivity index (χ0n) is 10.4. The maximum absolute atomic E-state index is 6.12. The number of halogens is 1. The van der Waals surface area contributed by atoms with Crippen molar-refractivity contribution >= 4 is 28.6 Å². The molecule has 1 heterocycles. The van der Waals surface area contributed by atoms with Gasteiger partial charge in [0, 0.05) is 16.8 Å². The summed E-state index contributed by atoms with van der Waals surface area (Å²) in [5.74, 6) is 0.717. The SMILES string of the molecule is CCOc1ccc(NCc2nc(C)cs2)cc1Cl. The zero-order valence-corrected chi connectivity index (χ0v) is 11.9. The van der Waals surface area contributed by atoms with Gasteiger partial charge in [0.1, 0.15) is 10.8 Å². The van der Waals surface area contributed by atoms with Gasteiger partial charge in [-0.3, -0.25) is 0 Å². The lowest BCUT2D eigenvalue weighted by Crippen LogP contribution is -1.99. The second-order valence-corrected chi connectivity index (χ2v) is 5.16. The van der Waals surface area contributed by atoms with E-state index in [0.717, 1.165) is 22.1 Å². The van der Waals surface area contributed by atoms with Crippen molar-refractivity contribution in [3.8, 4) is 5.75 Å². The first-order chi connectivity index (χ1) is 8.69. The molecule has 0 saturated carbocycles. The molecule has 0 saturated heterocycles. The van der Waals surface area contributed by atoms with Crippen molar-refractivity contribution in [1.82, 2.24) is 4.98 Å². The second-order valence-electron chi connectivity index (χ2n) is 3.81. The monoisotopic (exact) mass is 282 g/mol. The average Bonchev–Trinajstić information content (AvgIpc) is 2.76. The molecule has 1 aromatic carbocycles. The molecule has 18 heavy (non-hydrogen) atoms. The highest BCUT2D eigenvalue weighted by molar-refractivity contribution is 7.09. The molecule has 1 aromatic heterocycles. The smallest absolute Gasteiger partial charge is 0.138 e. The summed E-state index contributed by atoms with van der Waals surface area (Å²) >= 11 is 7.77. The number of aromatic nitrogens is 1. The van der Waals surface area contributed by atoms with Crippen LogP contribution >= 0.6 is 22.9 Å². The van der Waals surface area contributed by atoms with Gasteiger partial charge in [-0.15, -0.1) is 11.3 Å². The van der Waals surface area contributed by atoms with Crippen molar-refractivity contribution < 1.29 is 4.74 Å². The van der Waals surface area contributed by atoms with E-state index >= 15 is 0 Å². The van der Waals surface area contributed by atoms with Crippen LogP contribution in [0.1, 0.15) is 17.6 Å². The van der Waals surface area contributed by atoms with Crippen LogP contribution in [-0.4, -0.2) is 11.6 Å². The van der Waals surface area contributed by atoms with E-state index in [2.05, 4.69) is 10.3 Å². The molecule has 0 radical (unpaired) electrons. The third-order valence-corrected chi connectivity index (χ3v) is 3.60. The summed E-state index contributed by atoms with van der Waals surface area (Å²) in [5.41, 5.74) is 2.03. The van der Waals surface area contributed by atoms with Gasteiger partial charge in [-0.05, 0) is 32.0 Å². The molecule has 0 spiro atoms. The van der Waals surface area contributed by atoms with E-state index in [9.17, 15) is 0 Å². The van der Waals surface area contributed by atoms with Crippen LogP contribution in [0, 0.1) is 6.92 Å². The highest BCUT2D eigenvalue weighted by atomic mass is 35.5. The summed E-state index contributed by atoms with van der Waals surface area (Å²) in [6.07, 6.45) is 0. The summed E-state index contributed by atoms with van der Waals surface area (Å²) in [6.45, 7) is 5.26. The predicted molar refractivity (Wildman–Crippen MR) is 76.8 cm³/mol. The summed E-state index contributed by atoms with van der Waals surface area (Å²) in [6, 6.07) is 5.70. The molecule has 0 bridgehead atoms. The van der Waals surface area contributed by atoms with E-state index in [1.807, 2.05) is 37.4 Å². The molecule has 0 amide bonds. The van der Waals surface area contributed by atoms with Crippen molar-refractivity contribution in [3.63, 3.8) is 0 Å². The Bertz CT molecular complexity index is 527. The van der Waals surface area contributed by atoms with E-state index in [4.69, 9.17) is 16.3 Å². The summed E-state index contributed by atoms with van der Waals surface area (Å²) in [5, 5.41) is 7.03. The first kappa shape index (κ1) is 13.2. The van der Waals surface area contributed by atoms with Crippen LogP contribution in [0.15, 0.2) is 23.6 Å². The van der Waals surface area contributed by atoms with Gasteiger partial charge in [-0.2, -0.15) is 0 Å². The van der Waals surface area contributed by atoms with Crippen LogP contribution in [0.5, 0.6) is 5.75 Å². The molecular formula is C13H15ClN2OS. The molecule has 0 aliphatic carbocycles. The lowest BCUT2D eigenvalue weighted by Gasteiger charge is -2.08. The molecule has 0 unspecified atom stereocenters. The fourth-order valence-electron chi connectivity index (χ4n) is 1.54. The Balaban J connectivity index is 1.99. The van der Waals surface area contributed by atoms with Gasteiger partial charge in [0.05, 0.1) is 18.2 Å². The van der Waals surface area contributed by atoms with Gasteiger partial charge >= 0.3 is 0 Å². The molecule has 96 valence electrons. The van der Waals surface area contributed by atoms with Gasteiger partial charge in [-0.1, -0.05) is 11.6 Å². The molecule has 0 atom stereocenters. The number of aryl methyl sites for hydroxylation is 1. The van der Waals surface area contributed by atoms with E-state index in [1.165, 1.54) is 0 Å². The van der Waals surface area contributed by atoms with Gasteiger partial charge in [0.2, 0.25) is 0 Å². The fraction of sp³-hybridized carbons (Fsp3) is 0.308. The lowest BCUT2D eigenvalue weighted by molar-refractivity contribution is 0.340. The first-order valence-corrected chi connectivity index (χ1v) is 7.02. The standard InChI is InChI=1S/C13H15ClN2OS/c1-3-17-12-5-4-10(6-11(12)14)15-7-13-16-9(2)8-18-13/h4-6,8,15H,3,7H2,1-2H3. The number of thiazole rings is 1. The molecule has 0 aliphatic rings. The van der Waals surface area contributed by atoms with Crippen molar-refractivity contribution in [2.45, 2.75) is 20.4 Å². The maximum atomic E-state index is 6.12. The number of nitrogens with zero attached hydrogens (tertiary/aromatic N) is 1. The highest BCUT2D eigenvalue weighted by Crippen LogP contribution is 2.27. The molecule has 3 nitrogen and oxygen atoms in total. The average molecular weight is 283 g/mol. The van der Waals surface area contributed by atoms with Gasteiger partial charge in [-0.25, -0.2) is 4.98 Å². The Labute approximate surface area is 116 Å². The maximum Gasteiger partial charge on any atom is 0.138 e. The van der Waals surface area contributed by atoms with Crippen LogP contribution in [0.3, 0.4) is 0 Å². The molecule has 5 heteroatoms. The third-order valence-electron chi connectivity index (χ3n) is 2.34. The van der Waals surface area contributed by atoms with E-state index in [-0.39, 0.29) is 0 Å². The minimum Gasteiger partial charge on any atom is -0.492 e. The Morgan fingerprint density at radius 2 is 2.28 bits per heavy atom. The molecular weight excluding hydrogens is 268 g/mol. The van der Waals surface area contributed by atoms with Crippen molar-refractivity contribution in [1.29, 1.82) is 0 Å². The van der Waals surface area contributed by atoms with Crippen molar-refractivity contribution in [2.24, 2.45) is 0 Å². The number of ether oxygens (including phenoxy) is 1. The Hall–Kier alpha value is -1.26. The van der Waals surface area contributed by atoms with Crippen molar-refractivity contribution in [2.75, 3.05) is 11.9 Å². The summed E-state index contributed by atoms with van der Waals surface area (Å²) < 4.78 is 5.39. The zero-order chi connectivity index (χ0) is 13.0. The van der Waals surface area contributed by atoms with Gasteiger partial charge in [0.15, 0.2) is 0 Å². The largest absolute Gasteiger partial charge is 0.492 e. The normalized spacial score (nSPS) is 10.4. The second kappa shape index (κ2) is 6.07. The van der Waals surface area contributed by atoms with Crippen LogP contribution in [-0.2, 0) is 6.54 Å². The molecule has 1 N–H and O–H groups in total. The van der Waals surface area contributed by atoms with Crippen LogP contribution in [0.2, 0.25) is 5.02 Å². The van der Waals surface area contributed by atoms with Crippen LogP contribution in [0.4, 0.5) is 5.69 Å². The van der Waals surface area contributed by atoms with E-state index in [0.29, 0.717) is 18.2 Å². The van der Waals surface area contributed by atoms with Gasteiger partial charge < -0.3 is 10.1 Å². The fourth-order valence-corrected chi connectivity index (χ4v) is 2.49. The summed E-state index contributed by atoms with van der Waals surface area (Å²) in [4.78, 5) is 4.39. The summed E-state index contributed by atoms with van der Waals surface area (Å²) in [7, 11) is 0. The first-order valence-electron chi connectivity index (χ1n) is 5.76. The number of rotatable bonds is 5. The Morgan fingerprint density at radius 1 is 1.44 bits per heavy atom. The minimum atomic E-state index is 0.616. The molecule has 2 aromatic rings. The van der Waals surface area contributed by atoms with Crippen LogP contribution in [0.25, 0.3) is 0 Å². The number of hydrogen-bond acceptors (Lipinski definition) is 4. The molecule has 0 fully saturated rings.